The van der Waals surface area contributed by atoms with E-state index in [2.05, 4.69) is 15.3 Å². The summed E-state index contributed by atoms with van der Waals surface area (Å²) in [6.07, 6.45) is 3.21. The van der Waals surface area contributed by atoms with E-state index in [1.54, 1.807) is 38.4 Å². The number of aryl methyl sites for hydroxylation is 2. The zero-order chi connectivity index (χ0) is 11.5. The molecule has 0 aromatic carbocycles. The van der Waals surface area contributed by atoms with Gasteiger partial charge in [0.15, 0.2) is 11.6 Å². The summed E-state index contributed by atoms with van der Waals surface area (Å²) >= 11 is 0. The van der Waals surface area contributed by atoms with Crippen LogP contribution in [-0.2, 0) is 0 Å². The Morgan fingerprint density at radius 2 is 2.25 bits per heavy atom. The van der Waals surface area contributed by atoms with E-state index in [9.17, 15) is 4.79 Å². The number of amides is 1. The van der Waals surface area contributed by atoms with Crippen LogP contribution in [0, 0.1) is 13.8 Å². The summed E-state index contributed by atoms with van der Waals surface area (Å²) in [5.74, 6) is 0.704. The molecular weight excluding hydrogens is 206 g/mol. The van der Waals surface area contributed by atoms with Gasteiger partial charge in [-0.1, -0.05) is 0 Å². The van der Waals surface area contributed by atoms with Crippen molar-refractivity contribution in [2.24, 2.45) is 0 Å². The third-order valence-corrected chi connectivity index (χ3v) is 2.04. The number of aromatic nitrogens is 2. The van der Waals surface area contributed by atoms with Gasteiger partial charge in [-0.25, -0.2) is 4.98 Å². The second-order valence-electron chi connectivity index (χ2n) is 3.33. The van der Waals surface area contributed by atoms with Crippen LogP contribution in [0.5, 0.6) is 0 Å². The third-order valence-electron chi connectivity index (χ3n) is 2.04. The molecule has 0 aliphatic carbocycles. The number of anilines is 1. The number of nitrogens with zero attached hydrogens (tertiary/aromatic N) is 2. The molecule has 0 radical (unpaired) electrons. The highest BCUT2D eigenvalue weighted by Crippen LogP contribution is 2.11. The molecule has 82 valence electrons. The molecule has 2 aromatic rings. The van der Waals surface area contributed by atoms with Gasteiger partial charge in [-0.05, 0) is 19.1 Å². The van der Waals surface area contributed by atoms with Gasteiger partial charge < -0.3 is 9.73 Å². The third kappa shape index (κ3) is 2.08. The lowest BCUT2D eigenvalue weighted by molar-refractivity contribution is 0.102. The fourth-order valence-electron chi connectivity index (χ4n) is 1.37. The van der Waals surface area contributed by atoms with Crippen LogP contribution in [0.2, 0.25) is 0 Å². The standard InChI is InChI=1S/C11H11N3O2/c1-7-10(13-8(2)16-7)11(15)14-9-4-3-5-12-6-9/h3-6H,1-2H3,(H,14,15). The topological polar surface area (TPSA) is 68.0 Å². The van der Waals surface area contributed by atoms with Gasteiger partial charge in [-0.15, -0.1) is 0 Å². The van der Waals surface area contributed by atoms with Gasteiger partial charge in [-0.3, -0.25) is 9.78 Å². The maximum Gasteiger partial charge on any atom is 0.277 e. The van der Waals surface area contributed by atoms with Crippen molar-refractivity contribution in [1.82, 2.24) is 9.97 Å². The second-order valence-corrected chi connectivity index (χ2v) is 3.33. The van der Waals surface area contributed by atoms with Crippen LogP contribution in [0.3, 0.4) is 0 Å². The average molecular weight is 217 g/mol. The van der Waals surface area contributed by atoms with Gasteiger partial charge in [0.05, 0.1) is 11.9 Å². The predicted octanol–water partition coefficient (Wildman–Crippen LogP) is 1.94. The van der Waals surface area contributed by atoms with Crippen LogP contribution < -0.4 is 5.32 Å². The zero-order valence-corrected chi connectivity index (χ0v) is 9.02. The van der Waals surface area contributed by atoms with Crippen molar-refractivity contribution in [3.05, 3.63) is 41.9 Å². The van der Waals surface area contributed by atoms with Crippen LogP contribution >= 0.6 is 0 Å². The van der Waals surface area contributed by atoms with Crippen molar-refractivity contribution in [3.63, 3.8) is 0 Å². The first-order valence-corrected chi connectivity index (χ1v) is 4.82. The predicted molar refractivity (Wildman–Crippen MR) is 58.2 cm³/mol. The molecule has 0 saturated carbocycles. The second kappa shape index (κ2) is 4.14. The van der Waals surface area contributed by atoms with Crippen molar-refractivity contribution < 1.29 is 9.21 Å². The number of carbonyl (C=O) groups excluding carboxylic acids is 1. The molecule has 0 aliphatic rings. The summed E-state index contributed by atoms with van der Waals surface area (Å²) in [7, 11) is 0. The quantitative estimate of drug-likeness (QED) is 0.834. The Hall–Kier alpha value is -2.17. The number of hydrogen-bond acceptors (Lipinski definition) is 4. The van der Waals surface area contributed by atoms with Crippen molar-refractivity contribution in [3.8, 4) is 0 Å². The van der Waals surface area contributed by atoms with Crippen LogP contribution in [-0.4, -0.2) is 15.9 Å². The summed E-state index contributed by atoms with van der Waals surface area (Å²) in [4.78, 5) is 19.7. The Labute approximate surface area is 92.5 Å². The molecule has 0 aliphatic heterocycles. The monoisotopic (exact) mass is 217 g/mol. The van der Waals surface area contributed by atoms with E-state index in [0.29, 0.717) is 23.0 Å². The molecule has 0 unspecified atom stereocenters. The maximum atomic E-state index is 11.8. The molecular formula is C11H11N3O2. The van der Waals surface area contributed by atoms with Crippen LogP contribution in [0.1, 0.15) is 22.1 Å². The van der Waals surface area contributed by atoms with Crippen LogP contribution in [0.4, 0.5) is 5.69 Å². The fraction of sp³-hybridized carbons (Fsp3) is 0.182. The van der Waals surface area contributed by atoms with E-state index in [-0.39, 0.29) is 5.91 Å². The lowest BCUT2D eigenvalue weighted by Crippen LogP contribution is -2.13. The molecule has 1 amide bonds. The molecule has 2 aromatic heterocycles. The molecule has 5 heteroatoms. The van der Waals surface area contributed by atoms with Gasteiger partial charge in [0.25, 0.3) is 5.91 Å². The number of pyridine rings is 1. The van der Waals surface area contributed by atoms with Gasteiger partial charge in [0.2, 0.25) is 0 Å². The van der Waals surface area contributed by atoms with E-state index in [1.165, 1.54) is 0 Å². The summed E-state index contributed by atoms with van der Waals surface area (Å²) in [5.41, 5.74) is 0.939. The first kappa shape index (κ1) is 10.4. The first-order chi connectivity index (χ1) is 7.66. The highest BCUT2D eigenvalue weighted by Gasteiger charge is 2.15. The zero-order valence-electron chi connectivity index (χ0n) is 9.02. The number of hydrogen-bond donors (Lipinski definition) is 1. The van der Waals surface area contributed by atoms with E-state index in [1.807, 2.05) is 0 Å². The van der Waals surface area contributed by atoms with E-state index < -0.39 is 0 Å². The van der Waals surface area contributed by atoms with Crippen molar-refractivity contribution >= 4 is 11.6 Å². The van der Waals surface area contributed by atoms with Gasteiger partial charge in [0, 0.05) is 13.1 Å². The van der Waals surface area contributed by atoms with E-state index >= 15 is 0 Å². The normalized spacial score (nSPS) is 10.1. The maximum absolute atomic E-state index is 11.8. The van der Waals surface area contributed by atoms with E-state index in [0.717, 1.165) is 0 Å². The number of oxazole rings is 1. The average Bonchev–Trinajstić information content (AvgIpc) is 2.59. The van der Waals surface area contributed by atoms with Crippen LogP contribution in [0.15, 0.2) is 28.9 Å². The van der Waals surface area contributed by atoms with E-state index in [4.69, 9.17) is 4.42 Å². The Kier molecular flexibility index (Phi) is 2.68. The molecule has 1 N–H and O–H groups in total. The summed E-state index contributed by atoms with van der Waals surface area (Å²) in [6.45, 7) is 3.41. The summed E-state index contributed by atoms with van der Waals surface area (Å²) in [6, 6.07) is 3.50. The highest BCUT2D eigenvalue weighted by atomic mass is 16.4. The molecule has 0 atom stereocenters. The minimum absolute atomic E-state index is 0.289. The lowest BCUT2D eigenvalue weighted by atomic mass is 10.3. The molecule has 0 fully saturated rings. The molecule has 16 heavy (non-hydrogen) atoms. The minimum Gasteiger partial charge on any atom is -0.445 e. The smallest absolute Gasteiger partial charge is 0.277 e. The van der Waals surface area contributed by atoms with Gasteiger partial charge in [0.1, 0.15) is 5.76 Å². The van der Waals surface area contributed by atoms with Crippen LogP contribution in [0.25, 0.3) is 0 Å². The number of carbonyl (C=O) groups is 1. The highest BCUT2D eigenvalue weighted by molar-refractivity contribution is 6.03. The number of nitrogens with one attached hydrogen (secondary N) is 1. The molecule has 0 spiro atoms. The van der Waals surface area contributed by atoms with Crippen molar-refractivity contribution in [2.75, 3.05) is 5.32 Å². The summed E-state index contributed by atoms with van der Waals surface area (Å²) in [5, 5.41) is 2.69. The molecule has 0 saturated heterocycles. The Bertz CT molecular complexity index is 505. The SMILES string of the molecule is Cc1nc(C(=O)Nc2cccnc2)c(C)o1. The van der Waals surface area contributed by atoms with Gasteiger partial charge >= 0.3 is 0 Å². The van der Waals surface area contributed by atoms with Crippen molar-refractivity contribution in [2.45, 2.75) is 13.8 Å². The van der Waals surface area contributed by atoms with Gasteiger partial charge in [-0.2, -0.15) is 0 Å². The molecule has 5 nitrogen and oxygen atoms in total. The molecule has 2 rings (SSSR count). The Morgan fingerprint density at radius 1 is 1.44 bits per heavy atom. The lowest BCUT2D eigenvalue weighted by Gasteiger charge is -2.01. The molecule has 2 heterocycles. The number of rotatable bonds is 2. The largest absolute Gasteiger partial charge is 0.445 e. The fourth-order valence-corrected chi connectivity index (χ4v) is 1.37. The Morgan fingerprint density at radius 3 is 2.81 bits per heavy atom. The minimum atomic E-state index is -0.289. The first-order valence-electron chi connectivity index (χ1n) is 4.82. The summed E-state index contributed by atoms with van der Waals surface area (Å²) < 4.78 is 5.19. The van der Waals surface area contributed by atoms with Crippen molar-refractivity contribution in [1.29, 1.82) is 0 Å². The molecule has 0 bridgehead atoms. The Balaban J connectivity index is 2.18.